The van der Waals surface area contributed by atoms with Crippen molar-refractivity contribution in [2.24, 2.45) is 7.05 Å². The molecule has 0 amide bonds. The smallest absolute Gasteiger partial charge is 0.261 e. The minimum atomic E-state index is -0.0554. The molecular weight excluding hydrogens is 446 g/mol. The van der Waals surface area contributed by atoms with Gasteiger partial charge in [-0.25, -0.2) is 4.98 Å². The molecule has 0 bridgehead atoms. The maximum absolute atomic E-state index is 12.8. The molecule has 0 unspecified atom stereocenters. The van der Waals surface area contributed by atoms with E-state index in [2.05, 4.69) is 41.4 Å². The van der Waals surface area contributed by atoms with Gasteiger partial charge in [0.25, 0.3) is 5.56 Å². The largest absolute Gasteiger partial charge is 0.497 e. The molecule has 0 aliphatic carbocycles. The van der Waals surface area contributed by atoms with E-state index in [9.17, 15) is 4.79 Å². The molecule has 0 spiro atoms. The summed E-state index contributed by atoms with van der Waals surface area (Å²) in [6.45, 7) is 2.06. The molecule has 0 atom stereocenters. The van der Waals surface area contributed by atoms with E-state index in [-0.39, 0.29) is 5.56 Å². The van der Waals surface area contributed by atoms with Crippen LogP contribution in [0.1, 0.15) is 11.4 Å². The van der Waals surface area contributed by atoms with Gasteiger partial charge in [-0.3, -0.25) is 13.9 Å². The van der Waals surface area contributed by atoms with E-state index >= 15 is 0 Å². The van der Waals surface area contributed by atoms with E-state index in [0.29, 0.717) is 22.5 Å². The molecule has 34 heavy (non-hydrogen) atoms. The van der Waals surface area contributed by atoms with Crippen LogP contribution in [0.15, 0.2) is 82.7 Å². The fraction of sp³-hybridized carbons (Fsp3) is 0.154. The third-order valence-electron chi connectivity index (χ3n) is 5.68. The third kappa shape index (κ3) is 4.08. The van der Waals surface area contributed by atoms with Gasteiger partial charge in [-0.2, -0.15) is 0 Å². The Morgan fingerprint density at radius 3 is 2.41 bits per heavy atom. The van der Waals surface area contributed by atoms with Gasteiger partial charge < -0.3 is 4.74 Å². The van der Waals surface area contributed by atoms with E-state index < -0.39 is 0 Å². The van der Waals surface area contributed by atoms with Crippen LogP contribution in [-0.2, 0) is 12.8 Å². The molecule has 7 nitrogen and oxygen atoms in total. The second-order valence-electron chi connectivity index (χ2n) is 7.90. The molecular formula is C26H23N5O2S. The van der Waals surface area contributed by atoms with Crippen LogP contribution in [0.4, 0.5) is 0 Å². The summed E-state index contributed by atoms with van der Waals surface area (Å²) in [7, 11) is 3.40. The third-order valence-corrected chi connectivity index (χ3v) is 6.60. The van der Waals surface area contributed by atoms with Gasteiger partial charge in [0.2, 0.25) is 0 Å². The van der Waals surface area contributed by atoms with Crippen molar-refractivity contribution >= 4 is 22.7 Å². The molecule has 3 aromatic carbocycles. The Labute approximate surface area is 201 Å². The number of nitrogens with zero attached hydrogens (tertiary/aromatic N) is 5. The van der Waals surface area contributed by atoms with Crippen molar-refractivity contribution in [2.45, 2.75) is 17.8 Å². The van der Waals surface area contributed by atoms with E-state index in [1.165, 1.54) is 17.3 Å². The summed E-state index contributed by atoms with van der Waals surface area (Å²) in [6, 6.07) is 23.4. The Bertz CT molecular complexity index is 1520. The van der Waals surface area contributed by atoms with E-state index in [1.54, 1.807) is 24.8 Å². The molecule has 8 heteroatoms. The van der Waals surface area contributed by atoms with Crippen LogP contribution in [-0.4, -0.2) is 31.4 Å². The molecule has 0 aliphatic rings. The SMILES string of the molecule is COc1ccc(-c2nnc(SCc3nc4ccccc4c(=O)n3C)n2-c2ccc(C)cc2)cc1. The first kappa shape index (κ1) is 21.9. The number of aromatic nitrogens is 5. The number of aryl methyl sites for hydroxylation is 1. The van der Waals surface area contributed by atoms with E-state index in [0.717, 1.165) is 28.0 Å². The normalized spacial score (nSPS) is 11.1. The quantitative estimate of drug-likeness (QED) is 0.333. The first-order valence-corrected chi connectivity index (χ1v) is 11.8. The number of para-hydroxylation sites is 1. The molecule has 0 aliphatic heterocycles. The molecule has 2 heterocycles. The van der Waals surface area contributed by atoms with Gasteiger partial charge in [0.15, 0.2) is 11.0 Å². The average molecular weight is 470 g/mol. The van der Waals surface area contributed by atoms with Crippen molar-refractivity contribution in [1.82, 2.24) is 24.3 Å². The molecule has 5 aromatic rings. The van der Waals surface area contributed by atoms with Gasteiger partial charge in [-0.1, -0.05) is 41.6 Å². The molecule has 0 fully saturated rings. The Balaban J connectivity index is 1.55. The fourth-order valence-corrected chi connectivity index (χ4v) is 4.68. The van der Waals surface area contributed by atoms with Crippen LogP contribution in [0, 0.1) is 6.92 Å². The van der Waals surface area contributed by atoms with Crippen molar-refractivity contribution in [3.8, 4) is 22.8 Å². The summed E-state index contributed by atoms with van der Waals surface area (Å²) in [5.41, 5.74) is 3.70. The highest BCUT2D eigenvalue weighted by atomic mass is 32.2. The van der Waals surface area contributed by atoms with Crippen molar-refractivity contribution in [3.05, 3.63) is 94.5 Å². The number of benzene rings is 3. The first-order chi connectivity index (χ1) is 16.5. The van der Waals surface area contributed by atoms with Crippen LogP contribution in [0.3, 0.4) is 0 Å². The number of rotatable bonds is 6. The van der Waals surface area contributed by atoms with Gasteiger partial charge >= 0.3 is 0 Å². The molecule has 2 aromatic heterocycles. The monoisotopic (exact) mass is 469 g/mol. The highest BCUT2D eigenvalue weighted by molar-refractivity contribution is 7.98. The van der Waals surface area contributed by atoms with Gasteiger partial charge in [0.1, 0.15) is 11.6 Å². The highest BCUT2D eigenvalue weighted by Crippen LogP contribution is 2.30. The van der Waals surface area contributed by atoms with Gasteiger partial charge in [0.05, 0.1) is 23.8 Å². The lowest BCUT2D eigenvalue weighted by Gasteiger charge is -2.12. The first-order valence-electron chi connectivity index (χ1n) is 10.8. The Morgan fingerprint density at radius 2 is 1.68 bits per heavy atom. The number of hydrogen-bond donors (Lipinski definition) is 0. The van der Waals surface area contributed by atoms with Crippen molar-refractivity contribution in [1.29, 1.82) is 0 Å². The van der Waals surface area contributed by atoms with Crippen LogP contribution < -0.4 is 10.3 Å². The summed E-state index contributed by atoms with van der Waals surface area (Å²) in [5, 5.41) is 10.3. The zero-order valence-corrected chi connectivity index (χ0v) is 19.9. The van der Waals surface area contributed by atoms with Crippen LogP contribution in [0.2, 0.25) is 0 Å². The lowest BCUT2D eigenvalue weighted by atomic mass is 10.2. The zero-order valence-electron chi connectivity index (χ0n) is 19.1. The zero-order chi connectivity index (χ0) is 23.7. The Kier molecular flexibility index (Phi) is 5.90. The van der Waals surface area contributed by atoms with E-state index in [1.807, 2.05) is 47.0 Å². The predicted molar refractivity (Wildman–Crippen MR) is 135 cm³/mol. The summed E-state index contributed by atoms with van der Waals surface area (Å²) in [4.78, 5) is 17.5. The highest BCUT2D eigenvalue weighted by Gasteiger charge is 2.18. The molecule has 0 N–H and O–H groups in total. The van der Waals surface area contributed by atoms with Crippen molar-refractivity contribution in [2.75, 3.05) is 7.11 Å². The van der Waals surface area contributed by atoms with Gasteiger partial charge in [0, 0.05) is 18.3 Å². The van der Waals surface area contributed by atoms with Crippen molar-refractivity contribution in [3.63, 3.8) is 0 Å². The number of hydrogen-bond acceptors (Lipinski definition) is 6. The maximum Gasteiger partial charge on any atom is 0.261 e. The van der Waals surface area contributed by atoms with Crippen LogP contribution >= 0.6 is 11.8 Å². The standard InChI is InChI=1S/C26H23N5O2S/c1-17-8-12-19(13-9-17)31-24(18-10-14-20(33-3)15-11-18)28-29-26(31)34-16-23-27-22-7-5-4-6-21(22)25(32)30(23)2/h4-15H,16H2,1-3H3. The van der Waals surface area contributed by atoms with Crippen LogP contribution in [0.25, 0.3) is 28.0 Å². The predicted octanol–water partition coefficient (Wildman–Crippen LogP) is 4.79. The second kappa shape index (κ2) is 9.15. The Morgan fingerprint density at radius 1 is 0.941 bits per heavy atom. The summed E-state index contributed by atoms with van der Waals surface area (Å²) >= 11 is 1.50. The summed E-state index contributed by atoms with van der Waals surface area (Å²) < 4.78 is 8.93. The van der Waals surface area contributed by atoms with Gasteiger partial charge in [-0.05, 0) is 55.5 Å². The minimum absolute atomic E-state index is 0.0554. The second-order valence-corrected chi connectivity index (χ2v) is 8.85. The lowest BCUT2D eigenvalue weighted by molar-refractivity contribution is 0.415. The van der Waals surface area contributed by atoms with Crippen LogP contribution in [0.5, 0.6) is 5.75 Å². The number of fused-ring (bicyclic) bond motifs is 1. The topological polar surface area (TPSA) is 74.8 Å². The average Bonchev–Trinajstić information content (AvgIpc) is 3.30. The molecule has 170 valence electrons. The molecule has 0 saturated heterocycles. The summed E-state index contributed by atoms with van der Waals surface area (Å²) in [6.07, 6.45) is 0. The molecule has 5 rings (SSSR count). The Hall–Kier alpha value is -3.91. The number of thioether (sulfide) groups is 1. The maximum atomic E-state index is 12.8. The number of methoxy groups -OCH3 is 1. The summed E-state index contributed by atoms with van der Waals surface area (Å²) in [5.74, 6) is 2.67. The minimum Gasteiger partial charge on any atom is -0.497 e. The van der Waals surface area contributed by atoms with E-state index in [4.69, 9.17) is 9.72 Å². The molecule has 0 radical (unpaired) electrons. The lowest BCUT2D eigenvalue weighted by Crippen LogP contribution is -2.22. The fourth-order valence-electron chi connectivity index (χ4n) is 3.74. The van der Waals surface area contributed by atoms with Crippen molar-refractivity contribution < 1.29 is 4.74 Å². The molecule has 0 saturated carbocycles. The van der Waals surface area contributed by atoms with Gasteiger partial charge in [-0.15, -0.1) is 10.2 Å². The number of ether oxygens (including phenoxy) is 1.